The molecule has 0 fully saturated rings. The van der Waals surface area contributed by atoms with E-state index in [1.165, 1.54) is 0 Å². The number of unbranched alkanes of at least 4 members (excludes halogenated alkanes) is 1. The van der Waals surface area contributed by atoms with E-state index >= 15 is 0 Å². The third-order valence-electron chi connectivity index (χ3n) is 1.58. The SMILES string of the molecule is CC(C)C.O=C(O)CCCCC(Cl)CCCl. The highest BCUT2D eigenvalue weighted by Gasteiger charge is 2.03. The van der Waals surface area contributed by atoms with Crippen LogP contribution in [-0.2, 0) is 4.79 Å². The maximum atomic E-state index is 10.1. The first-order valence-electron chi connectivity index (χ1n) is 5.82. The van der Waals surface area contributed by atoms with Gasteiger partial charge in [0.2, 0.25) is 0 Å². The second-order valence-corrected chi connectivity index (χ2v) is 5.44. The summed E-state index contributed by atoms with van der Waals surface area (Å²) in [5, 5.41) is 8.44. The summed E-state index contributed by atoms with van der Waals surface area (Å²) in [6, 6.07) is 0. The van der Waals surface area contributed by atoms with Gasteiger partial charge >= 0.3 is 5.97 Å². The van der Waals surface area contributed by atoms with Gasteiger partial charge in [0, 0.05) is 17.7 Å². The fourth-order valence-corrected chi connectivity index (χ4v) is 1.54. The molecule has 2 nitrogen and oxygen atoms in total. The molecule has 16 heavy (non-hydrogen) atoms. The monoisotopic (exact) mass is 270 g/mol. The van der Waals surface area contributed by atoms with Crippen LogP contribution in [0.1, 0.15) is 52.9 Å². The number of carboxylic acid groups (broad SMARTS) is 1. The Morgan fingerprint density at radius 1 is 1.19 bits per heavy atom. The number of rotatable bonds is 7. The molecule has 0 aliphatic rings. The number of halogens is 2. The number of aliphatic carboxylic acids is 1. The van der Waals surface area contributed by atoms with E-state index in [1.807, 2.05) is 0 Å². The van der Waals surface area contributed by atoms with E-state index < -0.39 is 5.97 Å². The highest BCUT2D eigenvalue weighted by Crippen LogP contribution is 2.12. The maximum absolute atomic E-state index is 10.1. The van der Waals surface area contributed by atoms with Crippen molar-refractivity contribution in [3.05, 3.63) is 0 Å². The normalized spacial score (nSPS) is 11.9. The zero-order chi connectivity index (χ0) is 13.0. The van der Waals surface area contributed by atoms with Crippen LogP contribution in [0, 0.1) is 5.92 Å². The molecule has 0 aromatic heterocycles. The predicted molar refractivity (Wildman–Crippen MR) is 71.6 cm³/mol. The Bertz CT molecular complexity index is 158. The molecule has 1 unspecified atom stereocenters. The van der Waals surface area contributed by atoms with Gasteiger partial charge in [-0.15, -0.1) is 23.2 Å². The number of carboxylic acids is 1. The van der Waals surface area contributed by atoms with E-state index in [9.17, 15) is 4.79 Å². The molecule has 0 aliphatic carbocycles. The third kappa shape index (κ3) is 23.7. The van der Waals surface area contributed by atoms with E-state index in [-0.39, 0.29) is 11.8 Å². The number of alkyl halides is 2. The van der Waals surface area contributed by atoms with Crippen molar-refractivity contribution in [1.82, 2.24) is 0 Å². The van der Waals surface area contributed by atoms with Gasteiger partial charge in [0.25, 0.3) is 0 Å². The first-order chi connectivity index (χ1) is 7.40. The van der Waals surface area contributed by atoms with Crippen molar-refractivity contribution >= 4 is 29.2 Å². The first kappa shape index (κ1) is 18.4. The van der Waals surface area contributed by atoms with Gasteiger partial charge in [0.05, 0.1) is 0 Å². The molecule has 0 aromatic rings. The Balaban J connectivity index is 0. The summed E-state index contributed by atoms with van der Waals surface area (Å²) >= 11 is 11.3. The lowest BCUT2D eigenvalue weighted by molar-refractivity contribution is -0.137. The Morgan fingerprint density at radius 3 is 2.06 bits per heavy atom. The molecule has 4 heteroatoms. The van der Waals surface area contributed by atoms with E-state index in [4.69, 9.17) is 28.3 Å². The Hall–Kier alpha value is 0.0500. The predicted octanol–water partition coefficient (Wildman–Crippen LogP) is 4.53. The number of carbonyl (C=O) groups is 1. The Kier molecular flexibility index (Phi) is 15.1. The minimum Gasteiger partial charge on any atom is -0.481 e. The Morgan fingerprint density at radius 2 is 1.69 bits per heavy atom. The highest BCUT2D eigenvalue weighted by atomic mass is 35.5. The third-order valence-corrected chi connectivity index (χ3v) is 2.23. The molecule has 98 valence electrons. The lowest BCUT2D eigenvalue weighted by Gasteiger charge is -2.05. The second kappa shape index (κ2) is 13.1. The van der Waals surface area contributed by atoms with Gasteiger partial charge in [-0.05, 0) is 25.2 Å². The number of hydrogen-bond donors (Lipinski definition) is 1. The van der Waals surface area contributed by atoms with Gasteiger partial charge < -0.3 is 5.11 Å². The molecule has 1 N–H and O–H groups in total. The number of hydrogen-bond acceptors (Lipinski definition) is 1. The Labute approximate surface area is 109 Å². The van der Waals surface area contributed by atoms with Crippen LogP contribution in [0.4, 0.5) is 0 Å². The van der Waals surface area contributed by atoms with Crippen LogP contribution in [0.3, 0.4) is 0 Å². The molecule has 0 heterocycles. The summed E-state index contributed by atoms with van der Waals surface area (Å²) in [4.78, 5) is 10.1. The van der Waals surface area contributed by atoms with Crippen molar-refractivity contribution < 1.29 is 9.90 Å². The molecule has 0 aliphatic heterocycles. The molecular weight excluding hydrogens is 247 g/mol. The van der Waals surface area contributed by atoms with Crippen LogP contribution in [-0.4, -0.2) is 22.3 Å². The molecule has 0 spiro atoms. The van der Waals surface area contributed by atoms with Gasteiger partial charge in [-0.2, -0.15) is 0 Å². The summed E-state index contributed by atoms with van der Waals surface area (Å²) < 4.78 is 0. The van der Waals surface area contributed by atoms with E-state index in [0.29, 0.717) is 12.3 Å². The molecule has 0 bridgehead atoms. The van der Waals surface area contributed by atoms with Gasteiger partial charge in [0.1, 0.15) is 0 Å². The van der Waals surface area contributed by atoms with Crippen LogP contribution < -0.4 is 0 Å². The van der Waals surface area contributed by atoms with Gasteiger partial charge in [-0.1, -0.05) is 27.2 Å². The fraction of sp³-hybridized carbons (Fsp3) is 0.917. The van der Waals surface area contributed by atoms with Crippen molar-refractivity contribution in [3.8, 4) is 0 Å². The first-order valence-corrected chi connectivity index (χ1v) is 6.79. The van der Waals surface area contributed by atoms with Crippen molar-refractivity contribution in [2.45, 2.75) is 58.3 Å². The lowest BCUT2D eigenvalue weighted by Crippen LogP contribution is -2.00. The fourth-order valence-electron chi connectivity index (χ4n) is 0.905. The largest absolute Gasteiger partial charge is 0.481 e. The highest BCUT2D eigenvalue weighted by molar-refractivity contribution is 6.22. The topological polar surface area (TPSA) is 37.3 Å². The van der Waals surface area contributed by atoms with Crippen LogP contribution in [0.15, 0.2) is 0 Å². The summed E-state index contributed by atoms with van der Waals surface area (Å²) in [7, 11) is 0. The van der Waals surface area contributed by atoms with Crippen molar-refractivity contribution in [2.24, 2.45) is 5.92 Å². The van der Waals surface area contributed by atoms with E-state index in [0.717, 1.165) is 25.2 Å². The molecule has 1 atom stereocenters. The smallest absolute Gasteiger partial charge is 0.303 e. The standard InChI is InChI=1S/C8H14Cl2O2.C4H10/c9-6-5-7(10)3-1-2-4-8(11)12;1-4(2)3/h7H,1-6H2,(H,11,12);4H,1-3H3. The summed E-state index contributed by atoms with van der Waals surface area (Å²) in [5.74, 6) is 0.672. The zero-order valence-corrected chi connectivity index (χ0v) is 12.0. The average molecular weight is 271 g/mol. The van der Waals surface area contributed by atoms with Crippen LogP contribution >= 0.6 is 23.2 Å². The molecule has 0 aromatic carbocycles. The molecule has 0 saturated carbocycles. The summed E-state index contributed by atoms with van der Waals surface area (Å²) in [5.41, 5.74) is 0. The molecular formula is C12H24Cl2O2. The quantitative estimate of drug-likeness (QED) is 0.545. The minimum absolute atomic E-state index is 0.108. The van der Waals surface area contributed by atoms with Crippen LogP contribution in [0.2, 0.25) is 0 Å². The van der Waals surface area contributed by atoms with Gasteiger partial charge in [-0.25, -0.2) is 0 Å². The van der Waals surface area contributed by atoms with Crippen molar-refractivity contribution in [1.29, 1.82) is 0 Å². The van der Waals surface area contributed by atoms with Crippen molar-refractivity contribution in [3.63, 3.8) is 0 Å². The maximum Gasteiger partial charge on any atom is 0.303 e. The summed E-state index contributed by atoms with van der Waals surface area (Å²) in [6.07, 6.45) is 3.49. The average Bonchev–Trinajstić information content (AvgIpc) is 2.12. The molecule has 0 rings (SSSR count). The van der Waals surface area contributed by atoms with Crippen molar-refractivity contribution in [2.75, 3.05) is 5.88 Å². The second-order valence-electron chi connectivity index (χ2n) is 4.45. The molecule has 0 saturated heterocycles. The summed E-state index contributed by atoms with van der Waals surface area (Å²) in [6.45, 7) is 6.50. The van der Waals surface area contributed by atoms with Crippen LogP contribution in [0.5, 0.6) is 0 Å². The minimum atomic E-state index is -0.738. The van der Waals surface area contributed by atoms with Gasteiger partial charge in [0.15, 0.2) is 0 Å². The zero-order valence-electron chi connectivity index (χ0n) is 10.5. The lowest BCUT2D eigenvalue weighted by atomic mass is 10.1. The van der Waals surface area contributed by atoms with E-state index in [2.05, 4.69) is 20.8 Å². The van der Waals surface area contributed by atoms with E-state index in [1.54, 1.807) is 0 Å². The van der Waals surface area contributed by atoms with Crippen LogP contribution in [0.25, 0.3) is 0 Å². The van der Waals surface area contributed by atoms with Gasteiger partial charge in [-0.3, -0.25) is 4.79 Å². The molecule has 0 amide bonds. The molecule has 0 radical (unpaired) electrons.